The Kier molecular flexibility index (Phi) is 2.70. The summed E-state index contributed by atoms with van der Waals surface area (Å²) in [5, 5.41) is 8.69. The number of ether oxygens (including phenoxy) is 3. The number of hydrogen-bond acceptors (Lipinski definition) is 5. The molecule has 1 aromatic carbocycles. The van der Waals surface area contributed by atoms with Crippen LogP contribution in [0.25, 0.3) is 0 Å². The van der Waals surface area contributed by atoms with Crippen LogP contribution in [0.15, 0.2) is 30.2 Å². The Balaban J connectivity index is 2.24. The third-order valence-electron chi connectivity index (χ3n) is 1.90. The van der Waals surface area contributed by atoms with Crippen LogP contribution in [0.5, 0.6) is 17.2 Å². The van der Waals surface area contributed by atoms with Crippen LogP contribution in [-0.2, 0) is 9.59 Å². The van der Waals surface area contributed by atoms with Crippen molar-refractivity contribution >= 4 is 11.9 Å². The second kappa shape index (κ2) is 4.17. The van der Waals surface area contributed by atoms with Crippen molar-refractivity contribution in [1.82, 2.24) is 0 Å². The van der Waals surface area contributed by atoms with Gasteiger partial charge in [-0.3, -0.25) is 4.79 Å². The molecule has 0 radical (unpaired) electrons. The van der Waals surface area contributed by atoms with E-state index in [1.165, 1.54) is 25.1 Å². The minimum absolute atomic E-state index is 0.251. The molecule has 2 rings (SSSR count). The summed E-state index contributed by atoms with van der Waals surface area (Å²) in [6.45, 7) is 1.28. The molecule has 1 heterocycles. The van der Waals surface area contributed by atoms with Gasteiger partial charge < -0.3 is 19.3 Å². The molecule has 17 heavy (non-hydrogen) atoms. The van der Waals surface area contributed by atoms with Gasteiger partial charge in [-0.1, -0.05) is 0 Å². The van der Waals surface area contributed by atoms with Crippen LogP contribution in [0.3, 0.4) is 0 Å². The maximum Gasteiger partial charge on any atom is 0.375 e. The zero-order valence-electron chi connectivity index (χ0n) is 8.80. The van der Waals surface area contributed by atoms with E-state index in [0.29, 0.717) is 5.75 Å². The van der Waals surface area contributed by atoms with E-state index < -0.39 is 11.9 Å². The number of hydrogen-bond donors (Lipinski definition) is 1. The highest BCUT2D eigenvalue weighted by Gasteiger charge is 2.20. The molecule has 0 aromatic heterocycles. The fourth-order valence-electron chi connectivity index (χ4n) is 1.25. The minimum atomic E-state index is -1.22. The Labute approximate surface area is 96.0 Å². The van der Waals surface area contributed by atoms with Gasteiger partial charge in [0.15, 0.2) is 11.5 Å². The number of aliphatic carboxylic acids is 1. The molecular formula is C11H8O6. The molecule has 6 heteroatoms. The van der Waals surface area contributed by atoms with Crippen LogP contribution >= 0.6 is 0 Å². The van der Waals surface area contributed by atoms with E-state index in [4.69, 9.17) is 19.3 Å². The van der Waals surface area contributed by atoms with E-state index in [9.17, 15) is 9.59 Å². The van der Waals surface area contributed by atoms with Gasteiger partial charge in [-0.15, -0.1) is 0 Å². The van der Waals surface area contributed by atoms with Crippen molar-refractivity contribution in [2.45, 2.75) is 6.92 Å². The highest BCUT2D eigenvalue weighted by atomic mass is 16.6. The monoisotopic (exact) mass is 236 g/mol. The van der Waals surface area contributed by atoms with Crippen LogP contribution in [0.1, 0.15) is 6.92 Å². The Hall–Kier alpha value is -2.50. The van der Waals surface area contributed by atoms with Gasteiger partial charge in [0.2, 0.25) is 5.76 Å². The Morgan fingerprint density at radius 2 is 2.06 bits per heavy atom. The summed E-state index contributed by atoms with van der Waals surface area (Å²) in [4.78, 5) is 21.4. The maximum atomic E-state index is 10.7. The first-order valence-corrected chi connectivity index (χ1v) is 4.66. The molecule has 1 aliphatic heterocycles. The fraction of sp³-hybridized carbons (Fsp3) is 0.0909. The number of rotatable bonds is 2. The standard InChI is InChI=1S/C11H8O6/c1-6(12)16-7-2-3-8-9(4-7)15-5-10(17-8)11(13)14/h2-5H,1H3,(H,13,14). The maximum absolute atomic E-state index is 10.7. The summed E-state index contributed by atoms with van der Waals surface area (Å²) in [6, 6.07) is 4.38. The van der Waals surface area contributed by atoms with Crippen LogP contribution in [-0.4, -0.2) is 17.0 Å². The molecule has 0 amide bonds. The van der Waals surface area contributed by atoms with Gasteiger partial charge in [0.05, 0.1) is 0 Å². The number of carbonyl (C=O) groups is 2. The lowest BCUT2D eigenvalue weighted by molar-refractivity contribution is -0.135. The van der Waals surface area contributed by atoms with Crippen LogP contribution in [0, 0.1) is 0 Å². The van der Waals surface area contributed by atoms with Crippen molar-refractivity contribution in [3.63, 3.8) is 0 Å². The molecular weight excluding hydrogens is 228 g/mol. The average molecular weight is 236 g/mol. The van der Waals surface area contributed by atoms with Gasteiger partial charge in [0.1, 0.15) is 12.0 Å². The van der Waals surface area contributed by atoms with Gasteiger partial charge in [0.25, 0.3) is 0 Å². The molecule has 0 fully saturated rings. The second-order valence-corrected chi connectivity index (χ2v) is 3.21. The van der Waals surface area contributed by atoms with Crippen molar-refractivity contribution in [1.29, 1.82) is 0 Å². The fourth-order valence-corrected chi connectivity index (χ4v) is 1.25. The lowest BCUT2D eigenvalue weighted by Gasteiger charge is -2.16. The lowest BCUT2D eigenvalue weighted by Crippen LogP contribution is -2.13. The van der Waals surface area contributed by atoms with E-state index in [-0.39, 0.29) is 17.3 Å². The molecule has 0 saturated carbocycles. The summed E-state index contributed by atoms with van der Waals surface area (Å²) in [7, 11) is 0. The van der Waals surface area contributed by atoms with Crippen molar-refractivity contribution in [2.24, 2.45) is 0 Å². The largest absolute Gasteiger partial charge is 0.475 e. The molecule has 0 saturated heterocycles. The van der Waals surface area contributed by atoms with Gasteiger partial charge in [-0.25, -0.2) is 4.79 Å². The van der Waals surface area contributed by atoms with E-state index in [0.717, 1.165) is 6.26 Å². The van der Waals surface area contributed by atoms with E-state index in [1.54, 1.807) is 0 Å². The van der Waals surface area contributed by atoms with Crippen LogP contribution < -0.4 is 14.2 Å². The summed E-state index contributed by atoms with van der Waals surface area (Å²) in [6.07, 6.45) is 0.974. The molecule has 0 bridgehead atoms. The Morgan fingerprint density at radius 3 is 2.71 bits per heavy atom. The van der Waals surface area contributed by atoms with E-state index in [1.807, 2.05) is 0 Å². The normalized spacial score (nSPS) is 12.6. The molecule has 1 aromatic rings. The van der Waals surface area contributed by atoms with Crippen LogP contribution in [0.2, 0.25) is 0 Å². The number of fused-ring (bicyclic) bond motifs is 1. The van der Waals surface area contributed by atoms with Gasteiger partial charge >= 0.3 is 11.9 Å². The lowest BCUT2D eigenvalue weighted by atomic mass is 10.3. The molecule has 1 N–H and O–H groups in total. The molecule has 6 nitrogen and oxygen atoms in total. The predicted molar refractivity (Wildman–Crippen MR) is 54.7 cm³/mol. The second-order valence-electron chi connectivity index (χ2n) is 3.21. The molecule has 0 aliphatic carbocycles. The average Bonchev–Trinajstić information content (AvgIpc) is 2.27. The SMILES string of the molecule is CC(=O)Oc1ccc2c(c1)OC=C(C(=O)O)O2. The molecule has 0 spiro atoms. The Bertz CT molecular complexity index is 517. The first-order chi connectivity index (χ1) is 8.06. The van der Waals surface area contributed by atoms with Crippen LogP contribution in [0.4, 0.5) is 0 Å². The van der Waals surface area contributed by atoms with Gasteiger partial charge in [-0.2, -0.15) is 0 Å². The Morgan fingerprint density at radius 1 is 1.29 bits per heavy atom. The smallest absolute Gasteiger partial charge is 0.375 e. The highest BCUT2D eigenvalue weighted by Crippen LogP contribution is 2.35. The zero-order valence-corrected chi connectivity index (χ0v) is 8.80. The summed E-state index contributed by atoms with van der Waals surface area (Å²) in [5.41, 5.74) is 0. The number of benzene rings is 1. The molecule has 0 atom stereocenters. The van der Waals surface area contributed by atoms with Gasteiger partial charge in [-0.05, 0) is 12.1 Å². The van der Waals surface area contributed by atoms with Crippen molar-refractivity contribution in [2.75, 3.05) is 0 Å². The highest BCUT2D eigenvalue weighted by molar-refractivity contribution is 5.85. The minimum Gasteiger partial charge on any atom is -0.475 e. The number of carbonyl (C=O) groups excluding carboxylic acids is 1. The molecule has 1 aliphatic rings. The van der Waals surface area contributed by atoms with Crippen molar-refractivity contribution < 1.29 is 28.9 Å². The van der Waals surface area contributed by atoms with Gasteiger partial charge in [0, 0.05) is 13.0 Å². The number of esters is 1. The quantitative estimate of drug-likeness (QED) is 0.615. The van der Waals surface area contributed by atoms with E-state index in [2.05, 4.69) is 0 Å². The molecule has 0 unspecified atom stereocenters. The van der Waals surface area contributed by atoms with Crippen molar-refractivity contribution in [3.8, 4) is 17.2 Å². The number of carboxylic acids is 1. The summed E-state index contributed by atoms with van der Waals surface area (Å²) in [5.74, 6) is -1.15. The zero-order chi connectivity index (χ0) is 12.4. The van der Waals surface area contributed by atoms with E-state index >= 15 is 0 Å². The third-order valence-corrected chi connectivity index (χ3v) is 1.90. The van der Waals surface area contributed by atoms with Crippen molar-refractivity contribution in [3.05, 3.63) is 30.2 Å². The predicted octanol–water partition coefficient (Wildman–Crippen LogP) is 1.31. The summed E-state index contributed by atoms with van der Waals surface area (Å²) >= 11 is 0. The third kappa shape index (κ3) is 2.36. The topological polar surface area (TPSA) is 82.1 Å². The number of carboxylic acid groups (broad SMARTS) is 1. The molecule has 88 valence electrons. The first kappa shape index (κ1) is 11.0. The first-order valence-electron chi connectivity index (χ1n) is 4.66. The summed E-state index contributed by atoms with van der Waals surface area (Å²) < 4.78 is 15.0.